The van der Waals surface area contributed by atoms with E-state index in [1.807, 2.05) is 12.1 Å². The standard InChI is InChI=1S/C18H26N4O3/c1-2-25-17(23)14-6-5-11-22(13-14)18(24)20-15-7-8-16(19-12-15)21-9-3-4-10-21/h7-8,12,14H,2-6,9-11,13H2,1H3,(H,20,24)/t14-/m1/s1. The zero-order chi connectivity index (χ0) is 17.6. The fourth-order valence-corrected chi connectivity index (χ4v) is 3.41. The van der Waals surface area contributed by atoms with Gasteiger partial charge in [0.25, 0.3) is 0 Å². The van der Waals surface area contributed by atoms with Crippen molar-refractivity contribution in [2.45, 2.75) is 32.6 Å². The van der Waals surface area contributed by atoms with Crippen molar-refractivity contribution in [1.29, 1.82) is 0 Å². The fourth-order valence-electron chi connectivity index (χ4n) is 3.41. The van der Waals surface area contributed by atoms with Gasteiger partial charge in [0.2, 0.25) is 0 Å². The van der Waals surface area contributed by atoms with Crippen LogP contribution in [0.5, 0.6) is 0 Å². The van der Waals surface area contributed by atoms with Gasteiger partial charge in [0.1, 0.15) is 5.82 Å². The van der Waals surface area contributed by atoms with E-state index < -0.39 is 0 Å². The van der Waals surface area contributed by atoms with Crippen molar-refractivity contribution >= 4 is 23.5 Å². The number of nitrogens with one attached hydrogen (secondary N) is 1. The first kappa shape index (κ1) is 17.5. The molecular weight excluding hydrogens is 320 g/mol. The van der Waals surface area contributed by atoms with Crippen LogP contribution in [0, 0.1) is 5.92 Å². The summed E-state index contributed by atoms with van der Waals surface area (Å²) in [6, 6.07) is 3.63. The molecule has 0 aliphatic carbocycles. The van der Waals surface area contributed by atoms with Crippen molar-refractivity contribution in [2.75, 3.05) is 43.0 Å². The summed E-state index contributed by atoms with van der Waals surface area (Å²) in [5.74, 6) is 0.516. The number of likely N-dealkylation sites (tertiary alicyclic amines) is 1. The molecule has 1 atom stereocenters. The van der Waals surface area contributed by atoms with Gasteiger partial charge >= 0.3 is 12.0 Å². The largest absolute Gasteiger partial charge is 0.466 e. The molecule has 0 spiro atoms. The summed E-state index contributed by atoms with van der Waals surface area (Å²) in [4.78, 5) is 32.7. The SMILES string of the molecule is CCOC(=O)[C@@H]1CCCN(C(=O)Nc2ccc(N3CCCC3)nc2)C1. The quantitative estimate of drug-likeness (QED) is 0.848. The summed E-state index contributed by atoms with van der Waals surface area (Å²) < 4.78 is 5.08. The van der Waals surface area contributed by atoms with E-state index in [0.29, 0.717) is 25.4 Å². The molecular formula is C18H26N4O3. The van der Waals surface area contributed by atoms with Crippen LogP contribution in [0.15, 0.2) is 18.3 Å². The van der Waals surface area contributed by atoms with Gasteiger partial charge in [0.05, 0.1) is 24.4 Å². The second-order valence-corrected chi connectivity index (χ2v) is 6.57. The van der Waals surface area contributed by atoms with Crippen LogP contribution in [-0.4, -0.2) is 54.7 Å². The van der Waals surface area contributed by atoms with Crippen molar-refractivity contribution in [2.24, 2.45) is 5.92 Å². The molecule has 3 heterocycles. The molecule has 0 saturated carbocycles. The Balaban J connectivity index is 1.55. The number of urea groups is 1. The first-order valence-corrected chi connectivity index (χ1v) is 9.11. The maximum Gasteiger partial charge on any atom is 0.321 e. The number of amides is 2. The van der Waals surface area contributed by atoms with Crippen LogP contribution in [0.4, 0.5) is 16.3 Å². The Kier molecular flexibility index (Phi) is 5.73. The highest BCUT2D eigenvalue weighted by atomic mass is 16.5. The van der Waals surface area contributed by atoms with E-state index in [0.717, 1.165) is 31.7 Å². The number of carbonyl (C=O) groups excluding carboxylic acids is 2. The molecule has 2 aliphatic rings. The minimum absolute atomic E-state index is 0.190. The summed E-state index contributed by atoms with van der Waals surface area (Å²) in [6.07, 6.45) is 5.68. The van der Waals surface area contributed by atoms with E-state index in [4.69, 9.17) is 4.74 Å². The number of piperidine rings is 1. The topological polar surface area (TPSA) is 74.8 Å². The Morgan fingerprint density at radius 1 is 1.24 bits per heavy atom. The average molecular weight is 346 g/mol. The minimum atomic E-state index is -0.227. The van der Waals surface area contributed by atoms with Crippen LogP contribution in [0.25, 0.3) is 0 Å². The van der Waals surface area contributed by atoms with Crippen molar-refractivity contribution in [3.8, 4) is 0 Å². The average Bonchev–Trinajstić information content (AvgIpc) is 3.17. The second-order valence-electron chi connectivity index (χ2n) is 6.57. The summed E-state index contributed by atoms with van der Waals surface area (Å²) in [6.45, 7) is 5.31. The van der Waals surface area contributed by atoms with E-state index in [-0.39, 0.29) is 17.9 Å². The molecule has 0 radical (unpaired) electrons. The highest BCUT2D eigenvalue weighted by molar-refractivity contribution is 5.89. The molecule has 1 aromatic rings. The highest BCUT2D eigenvalue weighted by Crippen LogP contribution is 2.21. The maximum absolute atomic E-state index is 12.5. The Morgan fingerprint density at radius 2 is 2.04 bits per heavy atom. The van der Waals surface area contributed by atoms with Crippen molar-refractivity contribution < 1.29 is 14.3 Å². The van der Waals surface area contributed by atoms with E-state index in [1.54, 1.807) is 18.0 Å². The third-order valence-electron chi connectivity index (χ3n) is 4.76. The minimum Gasteiger partial charge on any atom is -0.466 e. The third kappa shape index (κ3) is 4.41. The summed E-state index contributed by atoms with van der Waals surface area (Å²) in [7, 11) is 0. The molecule has 7 nitrogen and oxygen atoms in total. The molecule has 2 fully saturated rings. The molecule has 2 aliphatic heterocycles. The number of carbonyl (C=O) groups is 2. The van der Waals surface area contributed by atoms with E-state index in [1.165, 1.54) is 12.8 Å². The molecule has 3 rings (SSSR count). The number of ether oxygens (including phenoxy) is 1. The summed E-state index contributed by atoms with van der Waals surface area (Å²) in [5, 5.41) is 2.87. The lowest BCUT2D eigenvalue weighted by atomic mass is 9.98. The monoisotopic (exact) mass is 346 g/mol. The molecule has 1 aromatic heterocycles. The lowest BCUT2D eigenvalue weighted by molar-refractivity contribution is -0.149. The third-order valence-corrected chi connectivity index (χ3v) is 4.76. The number of pyridine rings is 1. The second kappa shape index (κ2) is 8.18. The van der Waals surface area contributed by atoms with Crippen molar-refractivity contribution in [1.82, 2.24) is 9.88 Å². The van der Waals surface area contributed by atoms with E-state index in [9.17, 15) is 9.59 Å². The van der Waals surface area contributed by atoms with E-state index in [2.05, 4.69) is 15.2 Å². The lowest BCUT2D eigenvalue weighted by Gasteiger charge is -2.31. The molecule has 7 heteroatoms. The molecule has 25 heavy (non-hydrogen) atoms. The Hall–Kier alpha value is -2.31. The van der Waals surface area contributed by atoms with Crippen molar-refractivity contribution in [3.05, 3.63) is 18.3 Å². The normalized spacial score (nSPS) is 20.4. The number of nitrogens with zero attached hydrogens (tertiary/aromatic N) is 3. The van der Waals surface area contributed by atoms with Gasteiger partial charge in [-0.3, -0.25) is 4.79 Å². The first-order chi connectivity index (χ1) is 12.2. The van der Waals surface area contributed by atoms with Crippen LogP contribution in [0.2, 0.25) is 0 Å². The van der Waals surface area contributed by atoms with Crippen molar-refractivity contribution in [3.63, 3.8) is 0 Å². The summed E-state index contributed by atoms with van der Waals surface area (Å²) in [5.41, 5.74) is 0.672. The number of hydrogen-bond donors (Lipinski definition) is 1. The number of aromatic nitrogens is 1. The van der Waals surface area contributed by atoms with Crippen LogP contribution < -0.4 is 10.2 Å². The predicted octanol–water partition coefficient (Wildman–Crippen LogP) is 2.49. The fraction of sp³-hybridized carbons (Fsp3) is 0.611. The van der Waals surface area contributed by atoms with Gasteiger partial charge in [0, 0.05) is 26.2 Å². The molecule has 2 saturated heterocycles. The number of rotatable bonds is 4. The number of esters is 1. The smallest absolute Gasteiger partial charge is 0.321 e. The van der Waals surface area contributed by atoms with Gasteiger partial charge in [-0.05, 0) is 44.7 Å². The lowest BCUT2D eigenvalue weighted by Crippen LogP contribution is -2.44. The van der Waals surface area contributed by atoms with Gasteiger partial charge in [-0.25, -0.2) is 9.78 Å². The number of anilines is 2. The van der Waals surface area contributed by atoms with Gasteiger partial charge in [-0.2, -0.15) is 0 Å². The van der Waals surface area contributed by atoms with Gasteiger partial charge in [-0.1, -0.05) is 0 Å². The first-order valence-electron chi connectivity index (χ1n) is 9.11. The summed E-state index contributed by atoms with van der Waals surface area (Å²) >= 11 is 0. The van der Waals surface area contributed by atoms with E-state index >= 15 is 0 Å². The Morgan fingerprint density at radius 3 is 2.72 bits per heavy atom. The van der Waals surface area contributed by atoms with Gasteiger partial charge in [-0.15, -0.1) is 0 Å². The Labute approximate surface area is 148 Å². The van der Waals surface area contributed by atoms with Gasteiger partial charge in [0.15, 0.2) is 0 Å². The predicted molar refractivity (Wildman–Crippen MR) is 95.6 cm³/mol. The zero-order valence-corrected chi connectivity index (χ0v) is 14.7. The highest BCUT2D eigenvalue weighted by Gasteiger charge is 2.29. The van der Waals surface area contributed by atoms with Crippen LogP contribution in [0.1, 0.15) is 32.6 Å². The number of hydrogen-bond acceptors (Lipinski definition) is 5. The molecule has 0 aromatic carbocycles. The van der Waals surface area contributed by atoms with Crippen LogP contribution in [-0.2, 0) is 9.53 Å². The molecule has 136 valence electrons. The zero-order valence-electron chi connectivity index (χ0n) is 14.7. The van der Waals surface area contributed by atoms with Gasteiger partial charge < -0.3 is 19.9 Å². The van der Waals surface area contributed by atoms with Crippen LogP contribution >= 0.6 is 0 Å². The molecule has 1 N–H and O–H groups in total. The molecule has 2 amide bonds. The van der Waals surface area contributed by atoms with Crippen LogP contribution in [0.3, 0.4) is 0 Å². The Bertz CT molecular complexity index is 599. The molecule has 0 bridgehead atoms. The maximum atomic E-state index is 12.5. The molecule has 0 unspecified atom stereocenters.